The second-order valence-electron chi connectivity index (χ2n) is 4.27. The van der Waals surface area contributed by atoms with E-state index in [4.69, 9.17) is 4.74 Å². The van der Waals surface area contributed by atoms with Gasteiger partial charge in [0, 0.05) is 11.7 Å². The van der Waals surface area contributed by atoms with Gasteiger partial charge in [0.15, 0.2) is 0 Å². The van der Waals surface area contributed by atoms with E-state index in [2.05, 4.69) is 10.0 Å². The summed E-state index contributed by atoms with van der Waals surface area (Å²) in [6.07, 6.45) is 1.22. The van der Waals surface area contributed by atoms with E-state index in [1.54, 1.807) is 6.92 Å². The molecule has 6 nitrogen and oxygen atoms in total. The lowest BCUT2D eigenvalue weighted by molar-refractivity contribution is 0.168. The lowest BCUT2D eigenvalue weighted by Gasteiger charge is -2.07. The molecule has 0 saturated heterocycles. The molecule has 2 rings (SSSR count). The van der Waals surface area contributed by atoms with E-state index in [9.17, 15) is 13.2 Å². The van der Waals surface area contributed by atoms with Gasteiger partial charge in [-0.2, -0.15) is 0 Å². The summed E-state index contributed by atoms with van der Waals surface area (Å²) in [7, 11) is -3.45. The second kappa shape index (κ2) is 5.58. The Balaban J connectivity index is 2.03. The number of benzene rings is 1. The molecule has 0 bridgehead atoms. The Hall–Kier alpha value is -1.60. The molecule has 1 saturated carbocycles. The van der Waals surface area contributed by atoms with Gasteiger partial charge in [0.1, 0.15) is 0 Å². The molecule has 0 aliphatic heterocycles. The van der Waals surface area contributed by atoms with Gasteiger partial charge in [-0.1, -0.05) is 0 Å². The summed E-state index contributed by atoms with van der Waals surface area (Å²) in [6, 6.07) is 6.03. The van der Waals surface area contributed by atoms with Crippen LogP contribution in [0.25, 0.3) is 0 Å². The monoisotopic (exact) mass is 284 g/mol. The Kier molecular flexibility index (Phi) is 4.06. The molecular formula is C12H16N2O4S. The van der Waals surface area contributed by atoms with Crippen molar-refractivity contribution in [3.63, 3.8) is 0 Å². The summed E-state index contributed by atoms with van der Waals surface area (Å²) in [4.78, 5) is 11.4. The molecule has 1 aromatic carbocycles. The van der Waals surface area contributed by atoms with Crippen LogP contribution in [0.1, 0.15) is 19.8 Å². The molecule has 1 aliphatic carbocycles. The number of hydrogen-bond donors (Lipinski definition) is 2. The number of nitrogens with one attached hydrogen (secondary N) is 2. The molecule has 0 atom stereocenters. The van der Waals surface area contributed by atoms with Crippen LogP contribution in [0.3, 0.4) is 0 Å². The largest absolute Gasteiger partial charge is 0.450 e. The normalized spacial score (nSPS) is 15.0. The number of carbonyl (C=O) groups is 1. The SMILES string of the molecule is CCOC(=O)Nc1ccc(S(=O)(=O)NC2CC2)cc1. The molecule has 0 radical (unpaired) electrons. The number of anilines is 1. The third-order valence-corrected chi connectivity index (χ3v) is 4.12. The van der Waals surface area contributed by atoms with E-state index >= 15 is 0 Å². The molecule has 0 spiro atoms. The lowest BCUT2D eigenvalue weighted by Crippen LogP contribution is -2.25. The maximum atomic E-state index is 11.9. The summed E-state index contributed by atoms with van der Waals surface area (Å²) in [5, 5.41) is 2.50. The minimum atomic E-state index is -3.45. The summed E-state index contributed by atoms with van der Waals surface area (Å²) < 4.78 is 31.1. The molecule has 1 aliphatic rings. The van der Waals surface area contributed by atoms with E-state index in [1.807, 2.05) is 0 Å². The predicted molar refractivity (Wildman–Crippen MR) is 70.4 cm³/mol. The quantitative estimate of drug-likeness (QED) is 0.861. The highest BCUT2D eigenvalue weighted by Gasteiger charge is 2.27. The number of carbonyl (C=O) groups excluding carboxylic acids is 1. The van der Waals surface area contributed by atoms with Crippen LogP contribution in [-0.4, -0.2) is 27.2 Å². The maximum absolute atomic E-state index is 11.9. The topological polar surface area (TPSA) is 84.5 Å². The van der Waals surface area contributed by atoms with Gasteiger partial charge in [0.2, 0.25) is 10.0 Å². The van der Waals surface area contributed by atoms with Gasteiger partial charge in [-0.3, -0.25) is 5.32 Å². The smallest absolute Gasteiger partial charge is 0.411 e. The number of hydrogen-bond acceptors (Lipinski definition) is 4. The first-order chi connectivity index (χ1) is 9.01. The molecule has 104 valence electrons. The van der Waals surface area contributed by atoms with Crippen LogP contribution in [0.4, 0.5) is 10.5 Å². The molecule has 1 fully saturated rings. The first-order valence-corrected chi connectivity index (χ1v) is 7.56. The van der Waals surface area contributed by atoms with Crippen molar-refractivity contribution in [1.82, 2.24) is 4.72 Å². The van der Waals surface area contributed by atoms with Crippen LogP contribution < -0.4 is 10.0 Å². The average Bonchev–Trinajstić information content (AvgIpc) is 3.13. The molecule has 1 aromatic rings. The lowest BCUT2D eigenvalue weighted by atomic mass is 10.3. The van der Waals surface area contributed by atoms with Gasteiger partial charge in [0.05, 0.1) is 11.5 Å². The zero-order valence-corrected chi connectivity index (χ0v) is 11.4. The van der Waals surface area contributed by atoms with Gasteiger partial charge >= 0.3 is 6.09 Å². The average molecular weight is 284 g/mol. The van der Waals surface area contributed by atoms with Crippen LogP contribution in [0.5, 0.6) is 0 Å². The van der Waals surface area contributed by atoms with Crippen molar-refractivity contribution in [3.05, 3.63) is 24.3 Å². The van der Waals surface area contributed by atoms with Crippen molar-refractivity contribution in [1.29, 1.82) is 0 Å². The van der Waals surface area contributed by atoms with Gasteiger partial charge in [-0.15, -0.1) is 0 Å². The van der Waals surface area contributed by atoms with Gasteiger partial charge < -0.3 is 4.74 Å². The highest BCUT2D eigenvalue weighted by atomic mass is 32.2. The number of ether oxygens (including phenoxy) is 1. The Morgan fingerprint density at radius 3 is 2.47 bits per heavy atom. The van der Waals surface area contributed by atoms with Crippen molar-refractivity contribution >= 4 is 21.8 Å². The fourth-order valence-electron chi connectivity index (χ4n) is 1.49. The van der Waals surface area contributed by atoms with Gasteiger partial charge in [-0.25, -0.2) is 17.9 Å². The molecular weight excluding hydrogens is 268 g/mol. The third-order valence-electron chi connectivity index (χ3n) is 2.59. The van der Waals surface area contributed by atoms with Crippen molar-refractivity contribution in [3.8, 4) is 0 Å². The van der Waals surface area contributed by atoms with Crippen molar-refractivity contribution in [2.45, 2.75) is 30.7 Å². The standard InChI is InChI=1S/C12H16N2O4S/c1-2-18-12(15)13-9-5-7-11(8-6-9)19(16,17)14-10-3-4-10/h5-8,10,14H,2-4H2,1H3,(H,13,15). The molecule has 7 heteroatoms. The highest BCUT2D eigenvalue weighted by Crippen LogP contribution is 2.22. The first kappa shape index (κ1) is 13.8. The van der Waals surface area contributed by atoms with Crippen LogP contribution in [0, 0.1) is 0 Å². The van der Waals surface area contributed by atoms with Crippen molar-refractivity contribution < 1.29 is 17.9 Å². The molecule has 0 aromatic heterocycles. The van der Waals surface area contributed by atoms with Crippen molar-refractivity contribution in [2.75, 3.05) is 11.9 Å². The summed E-state index contributed by atoms with van der Waals surface area (Å²) >= 11 is 0. The fourth-order valence-corrected chi connectivity index (χ4v) is 2.80. The van der Waals surface area contributed by atoms with E-state index in [-0.39, 0.29) is 17.5 Å². The van der Waals surface area contributed by atoms with Crippen LogP contribution >= 0.6 is 0 Å². The van der Waals surface area contributed by atoms with E-state index in [1.165, 1.54) is 24.3 Å². The van der Waals surface area contributed by atoms with Crippen LogP contribution in [0.2, 0.25) is 0 Å². The Morgan fingerprint density at radius 2 is 1.95 bits per heavy atom. The molecule has 2 N–H and O–H groups in total. The zero-order valence-electron chi connectivity index (χ0n) is 10.5. The van der Waals surface area contributed by atoms with E-state index in [0.717, 1.165) is 12.8 Å². The minimum Gasteiger partial charge on any atom is -0.450 e. The van der Waals surface area contributed by atoms with Crippen molar-refractivity contribution in [2.24, 2.45) is 0 Å². The number of amides is 1. The first-order valence-electron chi connectivity index (χ1n) is 6.07. The van der Waals surface area contributed by atoms with Crippen LogP contribution in [-0.2, 0) is 14.8 Å². The Morgan fingerprint density at radius 1 is 1.32 bits per heavy atom. The van der Waals surface area contributed by atoms with Gasteiger partial charge in [0.25, 0.3) is 0 Å². The van der Waals surface area contributed by atoms with Gasteiger partial charge in [-0.05, 0) is 44.0 Å². The van der Waals surface area contributed by atoms with E-state index in [0.29, 0.717) is 5.69 Å². The summed E-state index contributed by atoms with van der Waals surface area (Å²) in [5.41, 5.74) is 0.490. The number of sulfonamides is 1. The minimum absolute atomic E-state index is 0.0716. The summed E-state index contributed by atoms with van der Waals surface area (Å²) in [6.45, 7) is 1.99. The third kappa shape index (κ3) is 3.93. The fraction of sp³-hybridized carbons (Fsp3) is 0.417. The Bertz CT molecular complexity index is 550. The zero-order chi connectivity index (χ0) is 13.9. The maximum Gasteiger partial charge on any atom is 0.411 e. The second-order valence-corrected chi connectivity index (χ2v) is 5.98. The molecule has 19 heavy (non-hydrogen) atoms. The highest BCUT2D eigenvalue weighted by molar-refractivity contribution is 7.89. The summed E-state index contributed by atoms with van der Waals surface area (Å²) in [5.74, 6) is 0. The van der Waals surface area contributed by atoms with Crippen LogP contribution in [0.15, 0.2) is 29.2 Å². The number of rotatable bonds is 5. The molecule has 0 unspecified atom stereocenters. The predicted octanol–water partition coefficient (Wildman–Crippen LogP) is 1.70. The molecule has 0 heterocycles. The van der Waals surface area contributed by atoms with E-state index < -0.39 is 16.1 Å². The molecule has 1 amide bonds. The Labute approximate surface area is 112 Å².